The van der Waals surface area contributed by atoms with Gasteiger partial charge in [-0.05, 0) is 59.5 Å². The summed E-state index contributed by atoms with van der Waals surface area (Å²) in [4.78, 5) is 3.72. The molecule has 1 N–H and O–H groups in total. The van der Waals surface area contributed by atoms with Gasteiger partial charge in [-0.3, -0.25) is 0 Å². The largest absolute Gasteiger partial charge is 0.358 e. The fourth-order valence-electron chi connectivity index (χ4n) is 3.89. The highest BCUT2D eigenvalue weighted by atomic mass is 14.7. The van der Waals surface area contributed by atoms with Crippen molar-refractivity contribution in [3.8, 4) is 0 Å². The van der Waals surface area contributed by atoms with E-state index in [1.807, 2.05) is 0 Å². The summed E-state index contributed by atoms with van der Waals surface area (Å²) in [7, 11) is 0. The molecule has 0 fully saturated rings. The van der Waals surface area contributed by atoms with E-state index in [1.165, 1.54) is 63.8 Å². The summed E-state index contributed by atoms with van der Waals surface area (Å²) >= 11 is 0. The number of fused-ring (bicyclic) bond motifs is 6. The van der Waals surface area contributed by atoms with Crippen molar-refractivity contribution >= 4 is 32.4 Å². The van der Waals surface area contributed by atoms with Crippen molar-refractivity contribution in [2.45, 2.75) is 25.7 Å². The minimum absolute atomic E-state index is 1.21. The second-order valence-corrected chi connectivity index (χ2v) is 6.20. The SMILES string of the molecule is c1ccc2cc3c(ccc4c5c([nH]c43)CCCC5)cc2c1. The molecule has 0 unspecified atom stereocenters. The van der Waals surface area contributed by atoms with Crippen molar-refractivity contribution in [1.82, 2.24) is 4.98 Å². The normalized spacial score (nSPS) is 14.9. The molecule has 1 nitrogen and oxygen atoms in total. The molecule has 0 radical (unpaired) electrons. The topological polar surface area (TPSA) is 15.8 Å². The maximum Gasteiger partial charge on any atom is 0.0538 e. The third kappa shape index (κ3) is 1.58. The van der Waals surface area contributed by atoms with Crippen molar-refractivity contribution in [2.75, 3.05) is 0 Å². The second kappa shape index (κ2) is 4.11. The molecule has 0 saturated carbocycles. The Bertz CT molecular complexity index is 991. The summed E-state index contributed by atoms with van der Waals surface area (Å²) in [6.07, 6.45) is 5.09. The lowest BCUT2D eigenvalue weighted by atomic mass is 9.94. The van der Waals surface area contributed by atoms with Crippen LogP contribution in [-0.2, 0) is 12.8 Å². The molecule has 21 heavy (non-hydrogen) atoms. The Morgan fingerprint density at radius 3 is 2.43 bits per heavy atom. The van der Waals surface area contributed by atoms with Crippen LogP contribution in [-0.4, -0.2) is 4.98 Å². The average molecular weight is 271 g/mol. The lowest BCUT2D eigenvalue weighted by Crippen LogP contribution is -1.99. The average Bonchev–Trinajstić information content (AvgIpc) is 2.92. The van der Waals surface area contributed by atoms with Crippen LogP contribution < -0.4 is 0 Å². The van der Waals surface area contributed by atoms with E-state index in [-0.39, 0.29) is 0 Å². The number of aryl methyl sites for hydroxylation is 2. The first-order valence-electron chi connectivity index (χ1n) is 7.85. The molecule has 0 saturated heterocycles. The molecule has 1 heteroatoms. The summed E-state index contributed by atoms with van der Waals surface area (Å²) < 4.78 is 0. The molecular weight excluding hydrogens is 254 g/mol. The molecule has 1 aromatic heterocycles. The Balaban J connectivity index is 1.94. The van der Waals surface area contributed by atoms with Gasteiger partial charge in [-0.15, -0.1) is 0 Å². The monoisotopic (exact) mass is 271 g/mol. The zero-order valence-corrected chi connectivity index (χ0v) is 11.9. The van der Waals surface area contributed by atoms with Gasteiger partial charge in [0, 0.05) is 16.5 Å². The highest BCUT2D eigenvalue weighted by Crippen LogP contribution is 2.34. The molecule has 0 amide bonds. The predicted molar refractivity (Wildman–Crippen MR) is 90.0 cm³/mol. The maximum atomic E-state index is 3.72. The van der Waals surface area contributed by atoms with Crippen LogP contribution in [0.2, 0.25) is 0 Å². The van der Waals surface area contributed by atoms with Gasteiger partial charge in [-0.1, -0.05) is 36.4 Å². The number of rotatable bonds is 0. The van der Waals surface area contributed by atoms with Crippen LogP contribution in [0.15, 0.2) is 48.5 Å². The zero-order chi connectivity index (χ0) is 13.8. The Morgan fingerprint density at radius 1 is 0.714 bits per heavy atom. The number of aromatic nitrogens is 1. The molecule has 1 aliphatic carbocycles. The van der Waals surface area contributed by atoms with Gasteiger partial charge in [0.25, 0.3) is 0 Å². The first-order chi connectivity index (χ1) is 10.4. The van der Waals surface area contributed by atoms with E-state index in [1.54, 1.807) is 5.56 Å². The first-order valence-corrected chi connectivity index (χ1v) is 7.85. The van der Waals surface area contributed by atoms with Crippen LogP contribution in [0.1, 0.15) is 24.1 Å². The molecular formula is C20H17N. The molecule has 4 aromatic rings. The quantitative estimate of drug-likeness (QED) is 0.415. The fourth-order valence-corrected chi connectivity index (χ4v) is 3.89. The van der Waals surface area contributed by atoms with E-state index >= 15 is 0 Å². The summed E-state index contributed by atoms with van der Waals surface area (Å²) in [6.45, 7) is 0. The number of hydrogen-bond donors (Lipinski definition) is 1. The Kier molecular flexibility index (Phi) is 2.23. The number of benzene rings is 3. The van der Waals surface area contributed by atoms with Crippen molar-refractivity contribution in [2.24, 2.45) is 0 Å². The molecule has 0 bridgehead atoms. The second-order valence-electron chi connectivity index (χ2n) is 6.20. The first kappa shape index (κ1) is 11.4. The van der Waals surface area contributed by atoms with Crippen LogP contribution in [0.25, 0.3) is 32.4 Å². The van der Waals surface area contributed by atoms with E-state index in [2.05, 4.69) is 53.5 Å². The van der Waals surface area contributed by atoms with Gasteiger partial charge in [-0.2, -0.15) is 0 Å². The van der Waals surface area contributed by atoms with E-state index in [0.29, 0.717) is 0 Å². The van der Waals surface area contributed by atoms with Gasteiger partial charge in [0.1, 0.15) is 0 Å². The van der Waals surface area contributed by atoms with Gasteiger partial charge in [-0.25, -0.2) is 0 Å². The lowest BCUT2D eigenvalue weighted by Gasteiger charge is -2.10. The molecule has 0 spiro atoms. The van der Waals surface area contributed by atoms with E-state index in [9.17, 15) is 0 Å². The van der Waals surface area contributed by atoms with Crippen molar-refractivity contribution < 1.29 is 0 Å². The van der Waals surface area contributed by atoms with Crippen LogP contribution in [0.4, 0.5) is 0 Å². The van der Waals surface area contributed by atoms with Crippen molar-refractivity contribution in [3.05, 3.63) is 59.8 Å². The summed E-state index contributed by atoms with van der Waals surface area (Å²) in [5.41, 5.74) is 4.37. The van der Waals surface area contributed by atoms with Crippen LogP contribution in [0.5, 0.6) is 0 Å². The smallest absolute Gasteiger partial charge is 0.0538 e. The number of aromatic amines is 1. The molecule has 3 aromatic carbocycles. The Hall–Kier alpha value is -2.28. The van der Waals surface area contributed by atoms with Gasteiger partial charge in [0.15, 0.2) is 0 Å². The van der Waals surface area contributed by atoms with Crippen molar-refractivity contribution in [3.63, 3.8) is 0 Å². The maximum absolute atomic E-state index is 3.72. The molecule has 1 aliphatic rings. The molecule has 0 atom stereocenters. The van der Waals surface area contributed by atoms with Gasteiger partial charge < -0.3 is 4.98 Å². The zero-order valence-electron chi connectivity index (χ0n) is 11.9. The van der Waals surface area contributed by atoms with Crippen LogP contribution in [0.3, 0.4) is 0 Å². The number of hydrogen-bond acceptors (Lipinski definition) is 0. The minimum atomic E-state index is 1.21. The number of nitrogens with one attached hydrogen (secondary N) is 1. The molecule has 1 heterocycles. The Morgan fingerprint density at radius 2 is 1.52 bits per heavy atom. The third-order valence-electron chi connectivity index (χ3n) is 4.95. The van der Waals surface area contributed by atoms with Crippen LogP contribution >= 0.6 is 0 Å². The van der Waals surface area contributed by atoms with Gasteiger partial charge in [0.2, 0.25) is 0 Å². The van der Waals surface area contributed by atoms with Gasteiger partial charge in [0.05, 0.1) is 5.52 Å². The van der Waals surface area contributed by atoms with E-state index < -0.39 is 0 Å². The summed E-state index contributed by atoms with van der Waals surface area (Å²) in [6, 6.07) is 17.9. The molecule has 0 aliphatic heterocycles. The Labute approximate surface area is 123 Å². The fraction of sp³-hybridized carbons (Fsp3) is 0.200. The lowest BCUT2D eigenvalue weighted by molar-refractivity contribution is 0.680. The number of H-pyrrole nitrogens is 1. The summed E-state index contributed by atoms with van der Waals surface area (Å²) in [5, 5.41) is 6.78. The van der Waals surface area contributed by atoms with Crippen molar-refractivity contribution in [1.29, 1.82) is 0 Å². The highest BCUT2D eigenvalue weighted by molar-refractivity contribution is 6.11. The van der Waals surface area contributed by atoms with E-state index in [0.717, 1.165) is 0 Å². The molecule has 102 valence electrons. The summed E-state index contributed by atoms with van der Waals surface area (Å²) in [5.74, 6) is 0. The van der Waals surface area contributed by atoms with Crippen LogP contribution in [0, 0.1) is 0 Å². The third-order valence-corrected chi connectivity index (χ3v) is 4.95. The highest BCUT2D eigenvalue weighted by Gasteiger charge is 2.16. The minimum Gasteiger partial charge on any atom is -0.358 e. The van der Waals surface area contributed by atoms with Gasteiger partial charge >= 0.3 is 0 Å². The molecule has 5 rings (SSSR count). The standard InChI is InChI=1S/C20H17N/c1-2-6-14-12-18-15(11-13(14)5-1)9-10-17-16-7-3-4-8-19(16)21-20(17)18/h1-2,5-6,9-12,21H,3-4,7-8H2. The van der Waals surface area contributed by atoms with E-state index in [4.69, 9.17) is 0 Å². The predicted octanol–water partition coefficient (Wildman–Crippen LogP) is 5.35.